The molecule has 288 valence electrons. The molecule has 0 saturated carbocycles. The van der Waals surface area contributed by atoms with Crippen LogP contribution in [0.4, 0.5) is 0 Å². The lowest BCUT2D eigenvalue weighted by atomic mass is 10.0. The average molecular weight is 791 g/mol. The fraction of sp³-hybridized carbons (Fsp3) is 0. The highest BCUT2D eigenvalue weighted by Gasteiger charge is 2.21. The Balaban J connectivity index is 1.03. The summed E-state index contributed by atoms with van der Waals surface area (Å²) < 4.78 is 9.42. The molecule has 0 aliphatic heterocycles. The highest BCUT2D eigenvalue weighted by atomic mass is 16.3. The molecule has 0 unspecified atom stereocenters. The van der Waals surface area contributed by atoms with E-state index in [1.54, 1.807) is 0 Å². The predicted molar refractivity (Wildman–Crippen MR) is 256 cm³/mol. The minimum absolute atomic E-state index is 0.607. The predicted octanol–water partition coefficient (Wildman–Crippen LogP) is 15.0. The Morgan fingerprint density at radius 3 is 1.73 bits per heavy atom. The molecular formula is C57H34N4O. The Kier molecular flexibility index (Phi) is 7.54. The van der Waals surface area contributed by atoms with E-state index in [-0.39, 0.29) is 0 Å². The van der Waals surface area contributed by atoms with E-state index in [4.69, 9.17) is 19.4 Å². The van der Waals surface area contributed by atoms with Gasteiger partial charge in [0, 0.05) is 43.6 Å². The highest BCUT2D eigenvalue weighted by molar-refractivity contribution is 6.23. The molecule has 0 amide bonds. The van der Waals surface area contributed by atoms with Gasteiger partial charge in [-0.2, -0.15) is 0 Å². The summed E-state index contributed by atoms with van der Waals surface area (Å²) in [7, 11) is 0. The molecule has 0 bridgehead atoms. The second-order valence-electron chi connectivity index (χ2n) is 16.0. The van der Waals surface area contributed by atoms with Crippen LogP contribution in [-0.2, 0) is 0 Å². The van der Waals surface area contributed by atoms with Crippen LogP contribution in [0.3, 0.4) is 0 Å². The molecule has 0 aliphatic rings. The quantitative estimate of drug-likeness (QED) is 0.174. The van der Waals surface area contributed by atoms with Crippen LogP contribution in [0.1, 0.15) is 0 Å². The highest BCUT2D eigenvalue weighted by Crippen LogP contribution is 2.43. The number of nitrogens with zero attached hydrogens (tertiary/aromatic N) is 4. The second kappa shape index (κ2) is 13.6. The van der Waals surface area contributed by atoms with Gasteiger partial charge in [0.15, 0.2) is 23.1 Å². The molecule has 5 nitrogen and oxygen atoms in total. The van der Waals surface area contributed by atoms with Crippen molar-refractivity contribution in [2.24, 2.45) is 0 Å². The fourth-order valence-electron chi connectivity index (χ4n) is 9.45. The van der Waals surface area contributed by atoms with Crippen LogP contribution in [0.5, 0.6) is 0 Å². The van der Waals surface area contributed by atoms with Crippen molar-refractivity contribution < 1.29 is 4.42 Å². The molecule has 0 saturated heterocycles. The Morgan fingerprint density at radius 1 is 0.339 bits per heavy atom. The minimum atomic E-state index is 0.607. The minimum Gasteiger partial charge on any atom is -0.454 e. The van der Waals surface area contributed by atoms with Gasteiger partial charge in [0.25, 0.3) is 0 Å². The van der Waals surface area contributed by atoms with Gasteiger partial charge in [-0.3, -0.25) is 0 Å². The van der Waals surface area contributed by atoms with Crippen molar-refractivity contribution in [1.82, 2.24) is 19.5 Å². The third-order valence-corrected chi connectivity index (χ3v) is 12.4. The monoisotopic (exact) mass is 790 g/mol. The van der Waals surface area contributed by atoms with Crippen molar-refractivity contribution in [3.63, 3.8) is 0 Å². The summed E-state index contributed by atoms with van der Waals surface area (Å²) in [4.78, 5) is 15.3. The first-order valence-corrected chi connectivity index (χ1v) is 20.9. The Hall–Kier alpha value is -8.41. The van der Waals surface area contributed by atoms with Crippen LogP contribution in [0.25, 0.3) is 127 Å². The van der Waals surface area contributed by atoms with Crippen molar-refractivity contribution in [3.8, 4) is 51.0 Å². The van der Waals surface area contributed by atoms with Crippen LogP contribution >= 0.6 is 0 Å². The van der Waals surface area contributed by atoms with E-state index >= 15 is 0 Å². The molecule has 13 rings (SSSR count). The molecule has 0 atom stereocenters. The van der Waals surface area contributed by atoms with Gasteiger partial charge in [0.1, 0.15) is 5.58 Å². The Morgan fingerprint density at radius 2 is 0.919 bits per heavy atom. The molecule has 0 aliphatic carbocycles. The van der Waals surface area contributed by atoms with Crippen LogP contribution in [0.2, 0.25) is 0 Å². The smallest absolute Gasteiger partial charge is 0.164 e. The second-order valence-corrected chi connectivity index (χ2v) is 16.0. The number of rotatable bonds is 5. The van der Waals surface area contributed by atoms with E-state index in [1.807, 2.05) is 36.4 Å². The molecule has 0 spiro atoms. The summed E-state index contributed by atoms with van der Waals surface area (Å²) in [6.45, 7) is 0. The molecule has 5 heteroatoms. The van der Waals surface area contributed by atoms with E-state index in [9.17, 15) is 0 Å². The maximum atomic E-state index is 7.00. The topological polar surface area (TPSA) is 56.7 Å². The summed E-state index contributed by atoms with van der Waals surface area (Å²) in [6, 6.07) is 72.7. The number of hydrogen-bond donors (Lipinski definition) is 0. The third-order valence-electron chi connectivity index (χ3n) is 12.4. The summed E-state index contributed by atoms with van der Waals surface area (Å²) in [6.07, 6.45) is 0. The van der Waals surface area contributed by atoms with E-state index in [0.717, 1.165) is 71.7 Å². The van der Waals surface area contributed by atoms with Gasteiger partial charge in [-0.1, -0.05) is 170 Å². The van der Waals surface area contributed by atoms with E-state index < -0.39 is 0 Å². The molecular weight excluding hydrogens is 757 g/mol. The first kappa shape index (κ1) is 34.5. The van der Waals surface area contributed by atoms with Gasteiger partial charge < -0.3 is 8.98 Å². The maximum absolute atomic E-state index is 7.00. The average Bonchev–Trinajstić information content (AvgIpc) is 3.89. The molecule has 62 heavy (non-hydrogen) atoms. The van der Waals surface area contributed by atoms with Crippen LogP contribution in [-0.4, -0.2) is 19.5 Å². The van der Waals surface area contributed by atoms with Crippen molar-refractivity contribution in [2.75, 3.05) is 0 Å². The SMILES string of the molecule is c1ccc(-c2cccc(-c3nc(-c4ccccc4)nc(-c4ccc5ccc6oc7c(-n8c9cc%10ccccc%10cc9c9ccc%10ccccc%10c98)cccc7c6c5c4)n3)c2)cc1. The van der Waals surface area contributed by atoms with Crippen molar-refractivity contribution in [2.45, 2.75) is 0 Å². The summed E-state index contributed by atoms with van der Waals surface area (Å²) >= 11 is 0. The number of aromatic nitrogens is 4. The maximum Gasteiger partial charge on any atom is 0.164 e. The number of benzene rings is 10. The summed E-state index contributed by atoms with van der Waals surface area (Å²) in [5.41, 5.74) is 9.98. The molecule has 0 N–H and O–H groups in total. The van der Waals surface area contributed by atoms with Crippen molar-refractivity contribution in [1.29, 1.82) is 0 Å². The first-order chi connectivity index (χ1) is 30.7. The number of furan rings is 1. The molecule has 13 aromatic rings. The van der Waals surface area contributed by atoms with Gasteiger partial charge in [-0.15, -0.1) is 0 Å². The number of hydrogen-bond acceptors (Lipinski definition) is 4. The van der Waals surface area contributed by atoms with E-state index in [2.05, 4.69) is 174 Å². The van der Waals surface area contributed by atoms with Gasteiger partial charge in [-0.25, -0.2) is 15.0 Å². The van der Waals surface area contributed by atoms with Gasteiger partial charge >= 0.3 is 0 Å². The zero-order valence-corrected chi connectivity index (χ0v) is 33.3. The lowest BCUT2D eigenvalue weighted by molar-refractivity contribution is 0.666. The number of fused-ring (bicyclic) bond motifs is 11. The normalized spacial score (nSPS) is 11.9. The number of para-hydroxylation sites is 1. The molecule has 3 heterocycles. The third kappa shape index (κ3) is 5.38. The van der Waals surface area contributed by atoms with E-state index in [0.29, 0.717) is 17.5 Å². The van der Waals surface area contributed by atoms with Crippen LogP contribution in [0, 0.1) is 0 Å². The van der Waals surface area contributed by atoms with Gasteiger partial charge in [0.2, 0.25) is 0 Å². The van der Waals surface area contributed by atoms with Crippen LogP contribution in [0.15, 0.2) is 211 Å². The van der Waals surface area contributed by atoms with E-state index in [1.165, 1.54) is 37.8 Å². The lowest BCUT2D eigenvalue weighted by Gasteiger charge is -2.11. The largest absolute Gasteiger partial charge is 0.454 e. The fourth-order valence-corrected chi connectivity index (χ4v) is 9.45. The molecule has 3 aromatic heterocycles. The molecule has 0 radical (unpaired) electrons. The Labute approximate surface area is 355 Å². The lowest BCUT2D eigenvalue weighted by Crippen LogP contribution is -2.00. The van der Waals surface area contributed by atoms with Crippen LogP contribution < -0.4 is 0 Å². The van der Waals surface area contributed by atoms with Crippen molar-refractivity contribution in [3.05, 3.63) is 206 Å². The van der Waals surface area contributed by atoms with Gasteiger partial charge in [0.05, 0.1) is 16.7 Å². The summed E-state index contributed by atoms with van der Waals surface area (Å²) in [5.74, 6) is 1.85. The first-order valence-electron chi connectivity index (χ1n) is 20.9. The molecule has 0 fully saturated rings. The van der Waals surface area contributed by atoms with Crippen molar-refractivity contribution >= 4 is 76.1 Å². The summed E-state index contributed by atoms with van der Waals surface area (Å²) in [5, 5.41) is 11.5. The van der Waals surface area contributed by atoms with Gasteiger partial charge in [-0.05, 0) is 74.5 Å². The zero-order valence-electron chi connectivity index (χ0n) is 33.3. The Bertz CT molecular complexity index is 3920. The standard InChI is InChI=1S/C57H34N4O/c1-3-13-35(14-4-1)39-20-11-21-42(31-39)56-58-55(38-16-5-2-6-17-38)59-57(60-56)43-26-25-37-28-30-51-52(47(37)33-43)46-23-12-24-49(54(46)62-51)61-50-34-41-19-8-7-18-40(41)32-48(50)45-29-27-36-15-9-10-22-44(36)53(45)61/h1-34H. The molecule has 10 aromatic carbocycles. The zero-order chi connectivity index (χ0) is 40.7.